The third-order valence-corrected chi connectivity index (χ3v) is 5.84. The molecule has 0 radical (unpaired) electrons. The van der Waals surface area contributed by atoms with E-state index in [-0.39, 0.29) is 0 Å². The van der Waals surface area contributed by atoms with Crippen LogP contribution in [-0.2, 0) is 10.0 Å². The average Bonchev–Trinajstić information content (AvgIpc) is 2.97. The monoisotopic (exact) mass is 311 g/mol. The molecule has 0 heterocycles. The molecule has 0 aliphatic heterocycles. The zero-order valence-corrected chi connectivity index (χ0v) is 13.6. The van der Waals surface area contributed by atoms with Gasteiger partial charge in [-0.2, -0.15) is 0 Å². The van der Waals surface area contributed by atoms with Crippen LogP contribution in [0.3, 0.4) is 0 Å². The highest BCUT2D eigenvalue weighted by Gasteiger charge is 2.30. The summed E-state index contributed by atoms with van der Waals surface area (Å²) in [6.45, 7) is 3.75. The van der Waals surface area contributed by atoms with E-state index in [1.165, 1.54) is 19.9 Å². The molecular weight excluding hydrogens is 286 g/mol. The van der Waals surface area contributed by atoms with Gasteiger partial charge in [-0.05, 0) is 63.5 Å². The summed E-state index contributed by atoms with van der Waals surface area (Å²) in [6, 6.07) is 7.57. The number of hydrogen-bond acceptors (Lipinski definition) is 4. The van der Waals surface area contributed by atoms with Crippen molar-refractivity contribution in [2.24, 2.45) is 11.7 Å². The second-order valence-corrected chi connectivity index (χ2v) is 7.37. The first-order valence-electron chi connectivity index (χ1n) is 7.53. The first kappa shape index (κ1) is 16.3. The van der Waals surface area contributed by atoms with Crippen LogP contribution < -0.4 is 15.4 Å². The zero-order valence-electron chi connectivity index (χ0n) is 12.7. The minimum atomic E-state index is -3.37. The number of nitrogens with two attached hydrogens (primary N) is 1. The van der Waals surface area contributed by atoms with Gasteiger partial charge < -0.3 is 10.6 Å². The van der Waals surface area contributed by atoms with Crippen LogP contribution in [0, 0.1) is 5.92 Å². The first-order valence-corrected chi connectivity index (χ1v) is 9.02. The molecule has 3 N–H and O–H groups in total. The van der Waals surface area contributed by atoms with Crippen LogP contribution in [0.1, 0.15) is 26.2 Å². The minimum Gasteiger partial charge on any atom is -0.368 e. The summed E-state index contributed by atoms with van der Waals surface area (Å²) in [6.07, 6.45) is 3.56. The Balaban J connectivity index is 2.23. The number of nitrogens with one attached hydrogen (secondary N) is 1. The van der Waals surface area contributed by atoms with Crippen molar-refractivity contribution in [3.8, 4) is 0 Å². The van der Waals surface area contributed by atoms with Gasteiger partial charge in [0.15, 0.2) is 0 Å². The van der Waals surface area contributed by atoms with Crippen molar-refractivity contribution in [1.29, 1.82) is 0 Å². The predicted molar refractivity (Wildman–Crippen MR) is 85.9 cm³/mol. The maximum Gasteiger partial charge on any atom is 0.240 e. The molecule has 118 valence electrons. The number of anilines is 1. The molecule has 2 atom stereocenters. The molecule has 1 aromatic rings. The van der Waals surface area contributed by atoms with Crippen molar-refractivity contribution in [2.75, 3.05) is 25.0 Å². The van der Waals surface area contributed by atoms with Crippen molar-refractivity contribution in [3.05, 3.63) is 24.3 Å². The summed E-state index contributed by atoms with van der Waals surface area (Å²) in [5, 5.41) is 0. The van der Waals surface area contributed by atoms with Gasteiger partial charge in [-0.1, -0.05) is 6.42 Å². The Bertz CT molecular complexity index is 557. The van der Waals surface area contributed by atoms with E-state index in [1.807, 2.05) is 12.1 Å². The van der Waals surface area contributed by atoms with E-state index in [1.54, 1.807) is 12.1 Å². The van der Waals surface area contributed by atoms with Gasteiger partial charge in [-0.3, -0.25) is 0 Å². The van der Waals surface area contributed by atoms with Crippen LogP contribution in [0.15, 0.2) is 29.2 Å². The Morgan fingerprint density at radius 3 is 2.48 bits per heavy atom. The number of nitrogens with zero attached hydrogens (tertiary/aromatic N) is 1. The number of sulfonamides is 1. The Morgan fingerprint density at radius 2 is 1.95 bits per heavy atom. The maximum absolute atomic E-state index is 11.8. The Hall–Kier alpha value is -1.11. The summed E-state index contributed by atoms with van der Waals surface area (Å²) in [7, 11) is -1.95. The van der Waals surface area contributed by atoms with Crippen LogP contribution in [0.4, 0.5) is 5.69 Å². The molecule has 0 bridgehead atoms. The van der Waals surface area contributed by atoms with Gasteiger partial charge in [0.2, 0.25) is 10.0 Å². The quantitative estimate of drug-likeness (QED) is 0.836. The molecule has 1 aromatic carbocycles. The maximum atomic E-state index is 11.8. The van der Waals surface area contributed by atoms with Crippen molar-refractivity contribution in [1.82, 2.24) is 4.72 Å². The summed E-state index contributed by atoms with van der Waals surface area (Å²) < 4.78 is 25.9. The Morgan fingerprint density at radius 1 is 1.29 bits per heavy atom. The van der Waals surface area contributed by atoms with Crippen molar-refractivity contribution in [3.63, 3.8) is 0 Å². The number of benzene rings is 1. The zero-order chi connectivity index (χ0) is 15.5. The van der Waals surface area contributed by atoms with E-state index >= 15 is 0 Å². The molecule has 21 heavy (non-hydrogen) atoms. The smallest absolute Gasteiger partial charge is 0.240 e. The van der Waals surface area contributed by atoms with E-state index < -0.39 is 10.0 Å². The van der Waals surface area contributed by atoms with Crippen LogP contribution in [0.5, 0.6) is 0 Å². The van der Waals surface area contributed by atoms with E-state index in [2.05, 4.69) is 16.5 Å². The van der Waals surface area contributed by atoms with Crippen molar-refractivity contribution < 1.29 is 8.42 Å². The van der Waals surface area contributed by atoms with Crippen LogP contribution in [0.2, 0.25) is 0 Å². The van der Waals surface area contributed by atoms with Crippen LogP contribution in [0.25, 0.3) is 0 Å². The summed E-state index contributed by atoms with van der Waals surface area (Å²) in [5.74, 6) is 0.533. The third kappa shape index (κ3) is 3.39. The topological polar surface area (TPSA) is 75.4 Å². The molecule has 5 nitrogen and oxygen atoms in total. The van der Waals surface area contributed by atoms with Gasteiger partial charge in [-0.25, -0.2) is 13.1 Å². The summed E-state index contributed by atoms with van der Waals surface area (Å²) >= 11 is 0. The molecule has 2 rings (SSSR count). The highest BCUT2D eigenvalue weighted by molar-refractivity contribution is 7.89. The summed E-state index contributed by atoms with van der Waals surface area (Å²) in [5.41, 5.74) is 6.95. The average molecular weight is 311 g/mol. The van der Waals surface area contributed by atoms with Crippen LogP contribution >= 0.6 is 0 Å². The molecule has 1 fully saturated rings. The van der Waals surface area contributed by atoms with E-state index in [0.717, 1.165) is 18.7 Å². The van der Waals surface area contributed by atoms with E-state index in [4.69, 9.17) is 5.73 Å². The SMILES string of the molecule is CCN(c1ccc(S(=O)(=O)NC)cc1)C1CCCC1CN. The first-order chi connectivity index (χ1) is 10.0. The highest BCUT2D eigenvalue weighted by Crippen LogP contribution is 2.32. The highest BCUT2D eigenvalue weighted by atomic mass is 32.2. The summed E-state index contributed by atoms with van der Waals surface area (Å²) in [4.78, 5) is 2.65. The standard InChI is InChI=1S/C15H25N3O2S/c1-3-18(15-6-4-5-12(15)11-16)13-7-9-14(10-8-13)21(19,20)17-2/h7-10,12,15,17H,3-6,11,16H2,1-2H3. The second kappa shape index (κ2) is 6.77. The lowest BCUT2D eigenvalue weighted by molar-refractivity contribution is 0.462. The fraction of sp³-hybridized carbons (Fsp3) is 0.600. The molecule has 0 spiro atoms. The van der Waals surface area contributed by atoms with E-state index in [0.29, 0.717) is 23.4 Å². The number of hydrogen-bond donors (Lipinski definition) is 2. The predicted octanol–water partition coefficient (Wildman–Crippen LogP) is 1.55. The third-order valence-electron chi connectivity index (χ3n) is 4.41. The lowest BCUT2D eigenvalue weighted by Crippen LogP contribution is -2.40. The van der Waals surface area contributed by atoms with Gasteiger partial charge in [0.25, 0.3) is 0 Å². The normalized spacial score (nSPS) is 22.4. The van der Waals surface area contributed by atoms with Crippen molar-refractivity contribution in [2.45, 2.75) is 37.1 Å². The molecule has 0 amide bonds. The molecule has 1 saturated carbocycles. The van der Waals surface area contributed by atoms with Gasteiger partial charge >= 0.3 is 0 Å². The van der Waals surface area contributed by atoms with Gasteiger partial charge in [0, 0.05) is 18.3 Å². The van der Waals surface area contributed by atoms with Crippen LogP contribution in [-0.4, -0.2) is 34.6 Å². The fourth-order valence-electron chi connectivity index (χ4n) is 3.25. The van der Waals surface area contributed by atoms with Gasteiger partial charge in [0.1, 0.15) is 0 Å². The molecular formula is C15H25N3O2S. The van der Waals surface area contributed by atoms with E-state index in [9.17, 15) is 8.42 Å². The van der Waals surface area contributed by atoms with Crippen molar-refractivity contribution >= 4 is 15.7 Å². The lowest BCUT2D eigenvalue weighted by Gasteiger charge is -2.34. The largest absolute Gasteiger partial charge is 0.368 e. The molecule has 6 heteroatoms. The second-order valence-electron chi connectivity index (χ2n) is 5.48. The lowest BCUT2D eigenvalue weighted by atomic mass is 10.0. The number of rotatable bonds is 6. The minimum absolute atomic E-state index is 0.298. The van der Waals surface area contributed by atoms with Gasteiger partial charge in [-0.15, -0.1) is 0 Å². The molecule has 0 aromatic heterocycles. The molecule has 0 saturated heterocycles. The molecule has 1 aliphatic rings. The fourth-order valence-corrected chi connectivity index (χ4v) is 3.98. The Kier molecular flexibility index (Phi) is 5.24. The molecule has 2 unspecified atom stereocenters. The molecule has 1 aliphatic carbocycles. The Labute approximate surface area is 127 Å². The van der Waals surface area contributed by atoms with Gasteiger partial charge in [0.05, 0.1) is 4.90 Å².